The third-order valence-corrected chi connectivity index (χ3v) is 7.65. The standard InChI is InChI=1S/C31H30F2N6O4/c32-22-13-11-21(12-14-22)29(31(41)34-23-6-2-1-3-7-23)38(17-20-10-15-26-27(16-20)43-19-42-26)28(40)18-39-36-30(35-37-39)24-8-4-5-9-25(24)33/h4-5,8-16,23,29H,1-3,6-7,17-19H2,(H,34,41). The zero-order valence-corrected chi connectivity index (χ0v) is 23.3. The fourth-order valence-electron chi connectivity index (χ4n) is 5.48. The fraction of sp³-hybridized carbons (Fsp3) is 0.323. The van der Waals surface area contributed by atoms with Gasteiger partial charge in [0.1, 0.15) is 24.2 Å². The van der Waals surface area contributed by atoms with Crippen molar-refractivity contribution >= 4 is 11.8 Å². The van der Waals surface area contributed by atoms with Crippen molar-refractivity contribution in [2.24, 2.45) is 0 Å². The summed E-state index contributed by atoms with van der Waals surface area (Å²) in [5.41, 5.74) is 1.28. The first-order valence-electron chi connectivity index (χ1n) is 14.2. The van der Waals surface area contributed by atoms with Crippen molar-refractivity contribution in [2.45, 2.75) is 57.3 Å². The minimum Gasteiger partial charge on any atom is -0.454 e. The Bertz CT molecular complexity index is 1610. The monoisotopic (exact) mass is 588 g/mol. The van der Waals surface area contributed by atoms with Gasteiger partial charge in [0.2, 0.25) is 24.4 Å². The minimum absolute atomic E-state index is 0.0183. The van der Waals surface area contributed by atoms with Crippen molar-refractivity contribution in [3.63, 3.8) is 0 Å². The molecule has 1 atom stereocenters. The normalized spacial score (nSPS) is 15.2. The summed E-state index contributed by atoms with van der Waals surface area (Å²) in [4.78, 5) is 30.5. The van der Waals surface area contributed by atoms with Crippen molar-refractivity contribution in [3.05, 3.63) is 89.5 Å². The summed E-state index contributed by atoms with van der Waals surface area (Å²) < 4.78 is 39.2. The molecule has 12 heteroatoms. The number of halogens is 2. The van der Waals surface area contributed by atoms with Gasteiger partial charge in [-0.3, -0.25) is 9.59 Å². The van der Waals surface area contributed by atoms with Crippen LogP contribution in [-0.2, 0) is 22.7 Å². The molecule has 1 saturated carbocycles. The predicted octanol–water partition coefficient (Wildman–Crippen LogP) is 4.57. The molecule has 0 spiro atoms. The van der Waals surface area contributed by atoms with Crippen LogP contribution in [-0.4, -0.2) is 49.8 Å². The van der Waals surface area contributed by atoms with E-state index in [0.717, 1.165) is 36.9 Å². The molecule has 3 aromatic carbocycles. The topological polar surface area (TPSA) is 111 Å². The molecule has 2 aliphatic rings. The molecule has 1 N–H and O–H groups in total. The van der Waals surface area contributed by atoms with Crippen molar-refractivity contribution in [1.29, 1.82) is 0 Å². The van der Waals surface area contributed by atoms with Crippen LogP contribution in [0.4, 0.5) is 8.78 Å². The molecule has 0 radical (unpaired) electrons. The van der Waals surface area contributed by atoms with Gasteiger partial charge in [-0.1, -0.05) is 49.6 Å². The number of fused-ring (bicyclic) bond motifs is 1. The van der Waals surface area contributed by atoms with Crippen LogP contribution in [0.5, 0.6) is 11.5 Å². The molecule has 0 saturated heterocycles. The van der Waals surface area contributed by atoms with Crippen molar-refractivity contribution in [3.8, 4) is 22.9 Å². The Kier molecular flexibility index (Phi) is 8.25. The van der Waals surface area contributed by atoms with Gasteiger partial charge < -0.3 is 19.7 Å². The van der Waals surface area contributed by atoms with Gasteiger partial charge in [0.05, 0.1) is 5.56 Å². The van der Waals surface area contributed by atoms with Gasteiger partial charge in [0.25, 0.3) is 0 Å². The van der Waals surface area contributed by atoms with Crippen molar-refractivity contribution in [2.75, 3.05) is 6.79 Å². The van der Waals surface area contributed by atoms with E-state index in [9.17, 15) is 18.4 Å². The number of hydrogen-bond acceptors (Lipinski definition) is 7. The molecule has 222 valence electrons. The highest BCUT2D eigenvalue weighted by Crippen LogP contribution is 2.34. The number of amides is 2. The van der Waals surface area contributed by atoms with Crippen molar-refractivity contribution in [1.82, 2.24) is 30.4 Å². The van der Waals surface area contributed by atoms with Crippen LogP contribution in [0.15, 0.2) is 66.7 Å². The fourth-order valence-corrected chi connectivity index (χ4v) is 5.48. The Morgan fingerprint density at radius 2 is 1.74 bits per heavy atom. The van der Waals surface area contributed by atoms with Gasteiger partial charge in [-0.2, -0.15) is 4.80 Å². The number of benzene rings is 3. The maximum Gasteiger partial charge on any atom is 0.247 e. The molecule has 1 aliphatic carbocycles. The molecule has 6 rings (SSSR count). The van der Waals surface area contributed by atoms with E-state index in [4.69, 9.17) is 9.47 Å². The number of ether oxygens (including phenoxy) is 2. The van der Waals surface area contributed by atoms with E-state index in [0.29, 0.717) is 22.6 Å². The van der Waals surface area contributed by atoms with Crippen LogP contribution in [0, 0.1) is 11.6 Å². The second kappa shape index (κ2) is 12.6. The number of aromatic nitrogens is 4. The zero-order valence-electron chi connectivity index (χ0n) is 23.3. The Hall–Kier alpha value is -4.87. The summed E-state index contributed by atoms with van der Waals surface area (Å²) in [6, 6.07) is 15.7. The first kappa shape index (κ1) is 28.3. The summed E-state index contributed by atoms with van der Waals surface area (Å²) in [5.74, 6) is -0.709. The number of carbonyl (C=O) groups is 2. The molecule has 1 aromatic heterocycles. The second-order valence-electron chi connectivity index (χ2n) is 10.6. The van der Waals surface area contributed by atoms with E-state index in [1.807, 2.05) is 0 Å². The van der Waals surface area contributed by atoms with Gasteiger partial charge in [0, 0.05) is 12.6 Å². The summed E-state index contributed by atoms with van der Waals surface area (Å²) >= 11 is 0. The maximum atomic E-state index is 14.3. The third-order valence-electron chi connectivity index (χ3n) is 7.65. The number of carbonyl (C=O) groups excluding carboxylic acids is 2. The molecule has 0 bridgehead atoms. The van der Waals surface area contributed by atoms with E-state index in [1.54, 1.807) is 30.3 Å². The predicted molar refractivity (Wildman–Crippen MR) is 150 cm³/mol. The van der Waals surface area contributed by atoms with Gasteiger partial charge in [-0.05, 0) is 65.6 Å². The minimum atomic E-state index is -1.09. The molecule has 2 amide bonds. The Morgan fingerprint density at radius 1 is 0.977 bits per heavy atom. The van der Waals surface area contributed by atoms with Crippen LogP contribution in [0.25, 0.3) is 11.4 Å². The van der Waals surface area contributed by atoms with E-state index < -0.39 is 23.6 Å². The Labute approximate surface area is 246 Å². The van der Waals surface area contributed by atoms with E-state index in [1.165, 1.54) is 41.3 Å². The number of rotatable bonds is 9. The lowest BCUT2D eigenvalue weighted by Crippen LogP contribution is -2.47. The largest absolute Gasteiger partial charge is 0.454 e. The summed E-state index contributed by atoms with van der Waals surface area (Å²) in [6.07, 6.45) is 4.82. The average Bonchev–Trinajstić information content (AvgIpc) is 3.68. The molecule has 1 fully saturated rings. The van der Waals surface area contributed by atoms with E-state index in [-0.39, 0.29) is 43.2 Å². The highest BCUT2D eigenvalue weighted by molar-refractivity contribution is 5.89. The number of tetrazole rings is 1. The maximum absolute atomic E-state index is 14.3. The molecule has 10 nitrogen and oxygen atoms in total. The van der Waals surface area contributed by atoms with Crippen LogP contribution in [0.3, 0.4) is 0 Å². The number of hydrogen-bond donors (Lipinski definition) is 1. The first-order chi connectivity index (χ1) is 20.9. The van der Waals surface area contributed by atoms with Crippen LogP contribution < -0.4 is 14.8 Å². The van der Waals surface area contributed by atoms with Crippen LogP contribution >= 0.6 is 0 Å². The van der Waals surface area contributed by atoms with E-state index in [2.05, 4.69) is 20.7 Å². The molecular formula is C31H30F2N6O4. The molecule has 1 unspecified atom stereocenters. The Balaban J connectivity index is 1.34. The van der Waals surface area contributed by atoms with Gasteiger partial charge in [0.15, 0.2) is 11.5 Å². The quantitative estimate of drug-likeness (QED) is 0.305. The smallest absolute Gasteiger partial charge is 0.247 e. The second-order valence-corrected chi connectivity index (χ2v) is 10.6. The van der Waals surface area contributed by atoms with Crippen LogP contribution in [0.2, 0.25) is 0 Å². The van der Waals surface area contributed by atoms with E-state index >= 15 is 0 Å². The highest BCUT2D eigenvalue weighted by Gasteiger charge is 2.34. The van der Waals surface area contributed by atoms with Gasteiger partial charge in [-0.15, -0.1) is 10.2 Å². The summed E-state index contributed by atoms with van der Waals surface area (Å²) in [6.45, 7) is -0.267. The SMILES string of the molecule is O=C(NC1CCCCC1)C(c1ccc(F)cc1)N(Cc1ccc2c(c1)OCO2)C(=O)Cn1nnc(-c2ccccc2F)n1. The summed E-state index contributed by atoms with van der Waals surface area (Å²) in [7, 11) is 0. The third kappa shape index (κ3) is 6.47. The zero-order chi connectivity index (χ0) is 29.8. The van der Waals surface area contributed by atoms with Crippen molar-refractivity contribution < 1.29 is 27.8 Å². The van der Waals surface area contributed by atoms with Gasteiger partial charge >= 0.3 is 0 Å². The highest BCUT2D eigenvalue weighted by atomic mass is 19.1. The summed E-state index contributed by atoms with van der Waals surface area (Å²) in [5, 5.41) is 15.2. The molecule has 4 aromatic rings. The lowest BCUT2D eigenvalue weighted by atomic mass is 9.94. The lowest BCUT2D eigenvalue weighted by molar-refractivity contribution is -0.142. The Morgan fingerprint density at radius 3 is 2.53 bits per heavy atom. The molecule has 1 aliphatic heterocycles. The molecular weight excluding hydrogens is 558 g/mol. The van der Waals surface area contributed by atoms with Gasteiger partial charge in [-0.25, -0.2) is 8.78 Å². The lowest BCUT2D eigenvalue weighted by Gasteiger charge is -2.33. The number of nitrogens with zero attached hydrogens (tertiary/aromatic N) is 5. The van der Waals surface area contributed by atoms with Crippen LogP contribution in [0.1, 0.15) is 49.3 Å². The number of nitrogens with one attached hydrogen (secondary N) is 1. The molecule has 43 heavy (non-hydrogen) atoms. The average molecular weight is 589 g/mol. The first-order valence-corrected chi connectivity index (χ1v) is 14.2. The molecule has 2 heterocycles.